The van der Waals surface area contributed by atoms with Gasteiger partial charge >= 0.3 is 5.91 Å². The summed E-state index contributed by atoms with van der Waals surface area (Å²) in [6.07, 6.45) is -0.501. The van der Waals surface area contributed by atoms with Crippen molar-refractivity contribution in [1.29, 1.82) is 0 Å². The van der Waals surface area contributed by atoms with E-state index in [4.69, 9.17) is 9.47 Å². The third-order valence-electron chi connectivity index (χ3n) is 4.22. The summed E-state index contributed by atoms with van der Waals surface area (Å²) in [7, 11) is 7.35. The number of hydrogen-bond donors (Lipinski definition) is 0. The Balaban J connectivity index is 2.28. The summed E-state index contributed by atoms with van der Waals surface area (Å²) in [6, 6.07) is 14.1. The summed E-state index contributed by atoms with van der Waals surface area (Å²) < 4.78 is 12.0. The van der Waals surface area contributed by atoms with Crippen LogP contribution in [-0.4, -0.2) is 43.4 Å². The molecule has 4 heteroatoms. The second-order valence-electron chi connectivity index (χ2n) is 7.24. The molecule has 0 bridgehead atoms. The maximum absolute atomic E-state index is 10.6. The molecular formula is C21H29NO3+2. The predicted molar refractivity (Wildman–Crippen MR) is 101 cm³/mol. The molecule has 0 aliphatic carbocycles. The number of ether oxygens (including phenoxy) is 2. The zero-order valence-electron chi connectivity index (χ0n) is 16.0. The van der Waals surface area contributed by atoms with Gasteiger partial charge in [0.15, 0.2) is 0 Å². The lowest BCUT2D eigenvalue weighted by Crippen LogP contribution is -2.45. The number of methoxy groups -OCH3 is 1. The molecule has 2 aromatic carbocycles. The number of amides is 1. The lowest BCUT2D eigenvalue weighted by Gasteiger charge is -2.22. The fraction of sp³-hybridized carbons (Fsp3) is 0.381. The molecule has 1 N–H and O–H groups in total. The molecule has 0 fully saturated rings. The van der Waals surface area contributed by atoms with Crippen molar-refractivity contribution in [2.75, 3.05) is 28.3 Å². The quantitative estimate of drug-likeness (QED) is 0.591. The molecule has 0 saturated heterocycles. The number of benzene rings is 2. The molecular weight excluding hydrogens is 314 g/mol. The average Bonchev–Trinajstić information content (AvgIpc) is 2.56. The van der Waals surface area contributed by atoms with Crippen molar-refractivity contribution in [3.63, 3.8) is 0 Å². The fourth-order valence-electron chi connectivity index (χ4n) is 2.66. The van der Waals surface area contributed by atoms with Crippen LogP contribution in [0.1, 0.15) is 28.4 Å². The highest BCUT2D eigenvalue weighted by Crippen LogP contribution is 2.26. The molecule has 2 aromatic rings. The Labute approximate surface area is 150 Å². The second kappa shape index (κ2) is 7.81. The van der Waals surface area contributed by atoms with Gasteiger partial charge in [-0.05, 0) is 36.6 Å². The van der Waals surface area contributed by atoms with Gasteiger partial charge in [-0.3, -0.25) is 0 Å². The molecule has 25 heavy (non-hydrogen) atoms. The zero-order chi connectivity index (χ0) is 18.6. The summed E-state index contributed by atoms with van der Waals surface area (Å²) in [6.45, 7) is 4.51. The Bertz CT molecular complexity index is 747. The average molecular weight is 343 g/mol. The van der Waals surface area contributed by atoms with E-state index in [1.165, 1.54) is 5.56 Å². The van der Waals surface area contributed by atoms with Crippen molar-refractivity contribution in [2.24, 2.45) is 0 Å². The van der Waals surface area contributed by atoms with Crippen LogP contribution in [0.4, 0.5) is 0 Å². The molecule has 0 spiro atoms. The van der Waals surface area contributed by atoms with Gasteiger partial charge < -0.3 is 9.47 Å². The normalized spacial score (nSPS) is 12.7. The summed E-state index contributed by atoms with van der Waals surface area (Å²) in [4.78, 5) is 10.6. The monoisotopic (exact) mass is 343 g/mol. The minimum Gasteiger partial charge on any atom is -0.489 e. The lowest BCUT2D eigenvalue weighted by atomic mass is 10.0. The Morgan fingerprint density at radius 3 is 2.40 bits per heavy atom. The van der Waals surface area contributed by atoms with Crippen LogP contribution in [0.5, 0.6) is 5.75 Å². The van der Waals surface area contributed by atoms with E-state index in [9.17, 15) is 4.79 Å². The van der Waals surface area contributed by atoms with Crippen LogP contribution in [0.25, 0.3) is 0 Å². The molecule has 1 unspecified atom stereocenters. The van der Waals surface area contributed by atoms with E-state index in [1.54, 1.807) is 7.11 Å². The van der Waals surface area contributed by atoms with Gasteiger partial charge in [-0.25, -0.2) is 9.28 Å². The highest BCUT2D eigenvalue weighted by atomic mass is 16.5. The predicted octanol–water partition coefficient (Wildman–Crippen LogP) is 3.78. The van der Waals surface area contributed by atoms with E-state index >= 15 is 0 Å². The molecule has 0 aliphatic heterocycles. The largest absolute Gasteiger partial charge is 0.514 e. The molecule has 1 amide bonds. The summed E-state index contributed by atoms with van der Waals surface area (Å²) >= 11 is 0. The van der Waals surface area contributed by atoms with Crippen molar-refractivity contribution in [1.82, 2.24) is 0 Å². The molecule has 0 saturated carbocycles. The van der Waals surface area contributed by atoms with E-state index in [1.807, 2.05) is 58.4 Å². The maximum atomic E-state index is 10.6. The molecule has 134 valence electrons. The van der Waals surface area contributed by atoms with Crippen LogP contribution in [-0.2, 0) is 11.3 Å². The standard InChI is InChI=1S/C21H28NO3/c1-15-11-12-16(2)19(13-15)25-14-17-9-7-8-10-18(17)20(24-6)21(23)22(3,4)5/h7-13,20H,14H2,1-6H3/q+1/p+1. The van der Waals surface area contributed by atoms with Gasteiger partial charge in [0.25, 0.3) is 6.10 Å². The Kier molecular flexibility index (Phi) is 5.98. The van der Waals surface area contributed by atoms with Crippen LogP contribution in [0.2, 0.25) is 0 Å². The van der Waals surface area contributed by atoms with Crippen molar-refractivity contribution in [3.05, 3.63) is 64.7 Å². The van der Waals surface area contributed by atoms with Crippen LogP contribution in [0.15, 0.2) is 42.5 Å². The van der Waals surface area contributed by atoms with E-state index in [-0.39, 0.29) is 5.91 Å². The first-order valence-electron chi connectivity index (χ1n) is 8.42. The highest BCUT2D eigenvalue weighted by molar-refractivity contribution is 5.77. The number of nitrogens with zero attached hydrogens (tertiary/aromatic N) is 1. The molecule has 0 aromatic heterocycles. The summed E-state index contributed by atoms with van der Waals surface area (Å²) in [5, 5.41) is 0. The molecule has 2 rings (SSSR count). The molecule has 0 aliphatic rings. The van der Waals surface area contributed by atoms with Crippen LogP contribution < -0.4 is 4.74 Å². The number of quaternary nitrogens is 1. The lowest BCUT2D eigenvalue weighted by molar-refractivity contribution is -0.784. The van der Waals surface area contributed by atoms with Gasteiger partial charge in [0, 0.05) is 12.7 Å². The van der Waals surface area contributed by atoms with Crippen LogP contribution in [0, 0.1) is 13.8 Å². The van der Waals surface area contributed by atoms with Crippen molar-refractivity contribution in [2.45, 2.75) is 26.6 Å². The number of rotatable bonds is 6. The number of hydrogen-bond acceptors (Lipinski definition) is 2. The third kappa shape index (κ3) is 4.68. The minimum atomic E-state index is -0.501. The van der Waals surface area contributed by atoms with Crippen molar-refractivity contribution in [3.8, 4) is 5.75 Å². The maximum Gasteiger partial charge on any atom is 0.514 e. The zero-order valence-corrected chi connectivity index (χ0v) is 16.0. The van der Waals surface area contributed by atoms with E-state index in [0.717, 1.165) is 22.4 Å². The van der Waals surface area contributed by atoms with Gasteiger partial charge in [0.1, 0.15) is 12.4 Å². The SMILES string of the molecule is COC(C(=[OH+])[N+](C)(C)C)c1ccccc1COc1cc(C)ccc1C. The fourth-order valence-corrected chi connectivity index (χ4v) is 2.66. The minimum absolute atomic E-state index is 0.252. The van der Waals surface area contributed by atoms with E-state index < -0.39 is 6.10 Å². The Hall–Kier alpha value is -2.17. The van der Waals surface area contributed by atoms with Gasteiger partial charge in [-0.1, -0.05) is 36.4 Å². The Morgan fingerprint density at radius 2 is 1.76 bits per heavy atom. The first-order valence-corrected chi connectivity index (χ1v) is 8.42. The number of aryl methyl sites for hydroxylation is 2. The summed E-state index contributed by atoms with van der Waals surface area (Å²) in [5.41, 5.74) is 4.18. The van der Waals surface area contributed by atoms with Gasteiger partial charge in [0.2, 0.25) is 0 Å². The number of likely N-dealkylation sites (N-methyl/N-ethyl adjacent to an activating group) is 1. The second-order valence-corrected chi connectivity index (χ2v) is 7.24. The molecule has 0 radical (unpaired) electrons. The van der Waals surface area contributed by atoms with Crippen LogP contribution >= 0.6 is 0 Å². The first kappa shape index (κ1) is 19.2. The topological polar surface area (TPSA) is 39.9 Å². The van der Waals surface area contributed by atoms with Crippen molar-refractivity contribution < 1.29 is 18.8 Å². The molecule has 4 nitrogen and oxygen atoms in total. The van der Waals surface area contributed by atoms with Gasteiger partial charge in [-0.2, -0.15) is 0 Å². The highest BCUT2D eigenvalue weighted by Gasteiger charge is 2.40. The Morgan fingerprint density at radius 1 is 1.08 bits per heavy atom. The number of carbonyl (C=O) groups excluding carboxylic acids is 1. The molecule has 0 heterocycles. The first-order chi connectivity index (χ1) is 11.7. The van der Waals surface area contributed by atoms with E-state index in [0.29, 0.717) is 11.1 Å². The van der Waals surface area contributed by atoms with Crippen molar-refractivity contribution >= 4 is 5.91 Å². The van der Waals surface area contributed by atoms with Gasteiger partial charge in [0.05, 0.1) is 21.1 Å². The smallest absolute Gasteiger partial charge is 0.489 e. The third-order valence-corrected chi connectivity index (χ3v) is 4.22. The molecule has 1 atom stereocenters. The summed E-state index contributed by atoms with van der Waals surface area (Å²) in [5.74, 6) is 1.13. The van der Waals surface area contributed by atoms with E-state index in [2.05, 4.69) is 19.1 Å². The van der Waals surface area contributed by atoms with Crippen LogP contribution in [0.3, 0.4) is 0 Å². The van der Waals surface area contributed by atoms with Gasteiger partial charge in [-0.15, -0.1) is 0 Å².